The van der Waals surface area contributed by atoms with Gasteiger partial charge in [-0.05, 0) is 24.7 Å². The summed E-state index contributed by atoms with van der Waals surface area (Å²) in [6.45, 7) is 6.06. The van der Waals surface area contributed by atoms with Crippen molar-refractivity contribution < 1.29 is 14.1 Å². The van der Waals surface area contributed by atoms with E-state index in [2.05, 4.69) is 19.0 Å². The number of hydrogen-bond donors (Lipinski definition) is 0. The number of nitrogens with zero attached hydrogens (tertiary/aromatic N) is 3. The van der Waals surface area contributed by atoms with Gasteiger partial charge in [-0.15, -0.1) is 0 Å². The number of benzene rings is 1. The molecule has 6 heteroatoms. The van der Waals surface area contributed by atoms with Crippen LogP contribution in [0.3, 0.4) is 0 Å². The minimum Gasteiger partial charge on any atom is -0.363 e. The maximum absolute atomic E-state index is 13.3. The number of aromatic nitrogens is 1. The Morgan fingerprint density at radius 2 is 2.00 bits per heavy atom. The molecule has 0 spiro atoms. The van der Waals surface area contributed by atoms with Gasteiger partial charge in [0, 0.05) is 31.6 Å². The van der Waals surface area contributed by atoms with E-state index in [1.807, 2.05) is 35.2 Å². The van der Waals surface area contributed by atoms with E-state index in [1.54, 1.807) is 4.90 Å². The van der Waals surface area contributed by atoms with Crippen LogP contribution in [-0.2, 0) is 4.79 Å². The zero-order chi connectivity index (χ0) is 19.7. The Bertz CT molecular complexity index is 842. The summed E-state index contributed by atoms with van der Waals surface area (Å²) >= 11 is 0. The molecule has 2 amide bonds. The molecular weight excluding hydrogens is 354 g/mol. The molecule has 28 heavy (non-hydrogen) atoms. The molecule has 1 saturated heterocycles. The topological polar surface area (TPSA) is 66.7 Å². The summed E-state index contributed by atoms with van der Waals surface area (Å²) in [4.78, 5) is 29.9. The van der Waals surface area contributed by atoms with Crippen LogP contribution in [0.25, 0.3) is 11.3 Å². The van der Waals surface area contributed by atoms with Crippen LogP contribution in [0.4, 0.5) is 0 Å². The molecule has 2 fully saturated rings. The summed E-state index contributed by atoms with van der Waals surface area (Å²) in [6.07, 6.45) is 4.20. The van der Waals surface area contributed by atoms with Crippen molar-refractivity contribution in [1.82, 2.24) is 15.0 Å². The van der Waals surface area contributed by atoms with E-state index in [-0.39, 0.29) is 23.8 Å². The zero-order valence-corrected chi connectivity index (χ0v) is 16.5. The molecule has 0 N–H and O–H groups in total. The Kier molecular flexibility index (Phi) is 5.20. The van der Waals surface area contributed by atoms with Crippen molar-refractivity contribution >= 4 is 11.8 Å². The molecule has 1 aromatic carbocycles. The third-order valence-electron chi connectivity index (χ3n) is 5.78. The van der Waals surface area contributed by atoms with E-state index in [0.717, 1.165) is 12.1 Å². The molecule has 1 atom stereocenters. The van der Waals surface area contributed by atoms with Gasteiger partial charge in [-0.3, -0.25) is 9.59 Å². The molecular formula is C22H27N3O3. The molecule has 0 radical (unpaired) electrons. The van der Waals surface area contributed by atoms with E-state index in [4.69, 9.17) is 4.52 Å². The van der Waals surface area contributed by atoms with Gasteiger partial charge in [0.25, 0.3) is 5.91 Å². The number of carbonyl (C=O) groups excluding carboxylic acids is 2. The Balaban J connectivity index is 1.58. The minimum absolute atomic E-state index is 0.0413. The van der Waals surface area contributed by atoms with Crippen molar-refractivity contribution in [3.63, 3.8) is 0 Å². The van der Waals surface area contributed by atoms with Crippen LogP contribution in [-0.4, -0.2) is 52.4 Å². The average molecular weight is 381 g/mol. The van der Waals surface area contributed by atoms with Crippen molar-refractivity contribution in [2.45, 2.75) is 39.2 Å². The lowest BCUT2D eigenvalue weighted by atomic mass is 10.0. The van der Waals surface area contributed by atoms with Crippen LogP contribution in [0.1, 0.15) is 43.5 Å². The van der Waals surface area contributed by atoms with Gasteiger partial charge < -0.3 is 14.3 Å². The fourth-order valence-corrected chi connectivity index (χ4v) is 3.91. The second-order valence-electron chi connectivity index (χ2n) is 8.24. The molecule has 1 aromatic heterocycles. The molecule has 4 rings (SSSR count). The van der Waals surface area contributed by atoms with Gasteiger partial charge in [0.1, 0.15) is 17.5 Å². The number of carbonyl (C=O) groups is 2. The summed E-state index contributed by atoms with van der Waals surface area (Å²) in [6, 6.07) is 9.61. The molecule has 6 nitrogen and oxygen atoms in total. The highest BCUT2D eigenvalue weighted by Gasteiger charge is 2.37. The molecule has 2 aliphatic rings. The monoisotopic (exact) mass is 381 g/mol. The average Bonchev–Trinajstić information content (AvgIpc) is 3.42. The maximum Gasteiger partial charge on any atom is 0.259 e. The van der Waals surface area contributed by atoms with Crippen LogP contribution in [0.2, 0.25) is 0 Å². The molecule has 1 unspecified atom stereocenters. The lowest BCUT2D eigenvalue weighted by molar-refractivity contribution is -0.133. The first-order valence-electron chi connectivity index (χ1n) is 10.1. The van der Waals surface area contributed by atoms with E-state index in [0.29, 0.717) is 36.7 Å². The maximum atomic E-state index is 13.3. The summed E-state index contributed by atoms with van der Waals surface area (Å²) < 4.78 is 5.15. The lowest BCUT2D eigenvalue weighted by Crippen LogP contribution is -2.48. The number of rotatable bonds is 5. The molecule has 1 saturated carbocycles. The SMILES string of the molecule is CC(C)C1CN(C(=O)c2conc2-c2ccccc2)CCC(=O)N1CC1CC1. The molecule has 2 heterocycles. The minimum atomic E-state index is -0.119. The summed E-state index contributed by atoms with van der Waals surface area (Å²) in [5.74, 6) is 0.962. The fourth-order valence-electron chi connectivity index (χ4n) is 3.91. The van der Waals surface area contributed by atoms with Gasteiger partial charge in [0.15, 0.2) is 0 Å². The second-order valence-corrected chi connectivity index (χ2v) is 8.24. The van der Waals surface area contributed by atoms with Gasteiger partial charge in [-0.2, -0.15) is 0 Å². The normalized spacial score (nSPS) is 20.5. The molecule has 2 aromatic rings. The van der Waals surface area contributed by atoms with Crippen molar-refractivity contribution in [1.29, 1.82) is 0 Å². The van der Waals surface area contributed by atoms with Crippen molar-refractivity contribution in [3.05, 3.63) is 42.2 Å². The van der Waals surface area contributed by atoms with Crippen LogP contribution >= 0.6 is 0 Å². The van der Waals surface area contributed by atoms with Gasteiger partial charge in [-0.1, -0.05) is 49.3 Å². The highest BCUT2D eigenvalue weighted by atomic mass is 16.5. The van der Waals surface area contributed by atoms with E-state index in [1.165, 1.54) is 19.1 Å². The first-order valence-corrected chi connectivity index (χ1v) is 10.1. The smallest absolute Gasteiger partial charge is 0.259 e. The first kappa shape index (κ1) is 18.7. The zero-order valence-electron chi connectivity index (χ0n) is 16.5. The predicted molar refractivity (Wildman–Crippen MR) is 106 cm³/mol. The number of hydrogen-bond acceptors (Lipinski definition) is 4. The largest absolute Gasteiger partial charge is 0.363 e. The Morgan fingerprint density at radius 3 is 2.68 bits per heavy atom. The first-order chi connectivity index (χ1) is 13.5. The van der Waals surface area contributed by atoms with Gasteiger partial charge in [-0.25, -0.2) is 0 Å². The van der Waals surface area contributed by atoms with Crippen LogP contribution < -0.4 is 0 Å². The molecule has 148 valence electrons. The summed E-state index contributed by atoms with van der Waals surface area (Å²) in [7, 11) is 0. The third kappa shape index (κ3) is 3.81. The standard InChI is InChI=1S/C22H27N3O3/c1-15(2)19-13-24(11-10-20(26)25(19)12-16-8-9-16)22(27)18-14-28-23-21(18)17-6-4-3-5-7-17/h3-7,14-16,19H,8-13H2,1-2H3. The van der Waals surface area contributed by atoms with Gasteiger partial charge in [0.05, 0.1) is 6.04 Å². The molecule has 1 aliphatic carbocycles. The number of amides is 2. The fraction of sp³-hybridized carbons (Fsp3) is 0.500. The lowest BCUT2D eigenvalue weighted by Gasteiger charge is -2.34. The van der Waals surface area contributed by atoms with E-state index >= 15 is 0 Å². The molecule has 1 aliphatic heterocycles. The van der Waals surface area contributed by atoms with Crippen LogP contribution in [0.15, 0.2) is 41.1 Å². The molecule has 0 bridgehead atoms. The van der Waals surface area contributed by atoms with Crippen molar-refractivity contribution in [3.8, 4) is 11.3 Å². The summed E-state index contributed by atoms with van der Waals surface area (Å²) in [5.41, 5.74) is 1.86. The highest BCUT2D eigenvalue weighted by Crippen LogP contribution is 2.32. The predicted octanol–water partition coefficient (Wildman–Crippen LogP) is 3.45. The summed E-state index contributed by atoms with van der Waals surface area (Å²) in [5, 5.41) is 4.06. The van der Waals surface area contributed by atoms with Crippen molar-refractivity contribution in [2.75, 3.05) is 19.6 Å². The quantitative estimate of drug-likeness (QED) is 0.796. The highest BCUT2D eigenvalue weighted by molar-refractivity contribution is 5.99. The van der Waals surface area contributed by atoms with E-state index < -0.39 is 0 Å². The Hall–Kier alpha value is -2.63. The van der Waals surface area contributed by atoms with Gasteiger partial charge in [0.2, 0.25) is 5.91 Å². The Labute approximate surface area is 165 Å². The Morgan fingerprint density at radius 1 is 1.25 bits per heavy atom. The third-order valence-corrected chi connectivity index (χ3v) is 5.78. The van der Waals surface area contributed by atoms with Crippen molar-refractivity contribution in [2.24, 2.45) is 11.8 Å². The van der Waals surface area contributed by atoms with E-state index in [9.17, 15) is 9.59 Å². The van der Waals surface area contributed by atoms with Crippen LogP contribution in [0.5, 0.6) is 0 Å². The van der Waals surface area contributed by atoms with Crippen LogP contribution in [0, 0.1) is 11.8 Å². The van der Waals surface area contributed by atoms with Gasteiger partial charge >= 0.3 is 0 Å². The second kappa shape index (κ2) is 7.78.